The lowest BCUT2D eigenvalue weighted by Crippen LogP contribution is -2.36. The maximum atomic E-state index is 13.4. The molecule has 5 nitrogen and oxygen atoms in total. The Balaban J connectivity index is 1.94. The van der Waals surface area contributed by atoms with Crippen molar-refractivity contribution in [1.29, 1.82) is 0 Å². The first-order valence-corrected chi connectivity index (χ1v) is 5.98. The lowest BCUT2D eigenvalue weighted by atomic mass is 10.1. The van der Waals surface area contributed by atoms with Crippen molar-refractivity contribution < 1.29 is 18.7 Å². The van der Waals surface area contributed by atoms with E-state index >= 15 is 0 Å². The van der Waals surface area contributed by atoms with Crippen molar-refractivity contribution in [3.05, 3.63) is 35.6 Å². The Hall–Kier alpha value is -1.95. The quantitative estimate of drug-likeness (QED) is 0.780. The highest BCUT2D eigenvalue weighted by molar-refractivity contribution is 5.94. The summed E-state index contributed by atoms with van der Waals surface area (Å²) in [5.74, 6) is -1.39. The molecule has 6 heteroatoms. The average molecular weight is 266 g/mol. The number of esters is 1. The van der Waals surface area contributed by atoms with Crippen molar-refractivity contribution in [3.8, 4) is 0 Å². The van der Waals surface area contributed by atoms with Crippen molar-refractivity contribution in [2.24, 2.45) is 0 Å². The second-order valence-corrected chi connectivity index (χ2v) is 4.37. The molecule has 0 saturated carbocycles. The average Bonchev–Trinajstić information content (AvgIpc) is 2.86. The maximum Gasteiger partial charge on any atom is 0.322 e. The summed E-state index contributed by atoms with van der Waals surface area (Å²) in [5, 5.41) is 5.64. The molecule has 1 aliphatic heterocycles. The molecule has 1 heterocycles. The van der Waals surface area contributed by atoms with Gasteiger partial charge in [-0.3, -0.25) is 9.59 Å². The molecule has 1 aliphatic rings. The number of halogens is 1. The topological polar surface area (TPSA) is 67.4 Å². The van der Waals surface area contributed by atoms with E-state index in [4.69, 9.17) is 0 Å². The number of carbonyl (C=O) groups excluding carboxylic acids is 2. The van der Waals surface area contributed by atoms with Gasteiger partial charge in [0.05, 0.1) is 12.7 Å². The molecular weight excluding hydrogens is 251 g/mol. The molecular formula is C13H15FN2O3. The fourth-order valence-corrected chi connectivity index (χ4v) is 2.08. The van der Waals surface area contributed by atoms with E-state index in [1.165, 1.54) is 25.3 Å². The van der Waals surface area contributed by atoms with Gasteiger partial charge in [0.15, 0.2) is 0 Å². The van der Waals surface area contributed by atoms with Gasteiger partial charge in [0.1, 0.15) is 11.9 Å². The van der Waals surface area contributed by atoms with Crippen LogP contribution in [0.15, 0.2) is 24.3 Å². The smallest absolute Gasteiger partial charge is 0.322 e. The highest BCUT2D eigenvalue weighted by Gasteiger charge is 2.31. The first-order valence-electron chi connectivity index (χ1n) is 5.98. The molecule has 1 aromatic carbocycles. The molecule has 2 N–H and O–H groups in total. The van der Waals surface area contributed by atoms with Gasteiger partial charge in [-0.25, -0.2) is 4.39 Å². The molecule has 1 aromatic rings. The van der Waals surface area contributed by atoms with Crippen molar-refractivity contribution >= 4 is 11.9 Å². The van der Waals surface area contributed by atoms with Gasteiger partial charge in [-0.2, -0.15) is 0 Å². The lowest BCUT2D eigenvalue weighted by Gasteiger charge is -2.12. The van der Waals surface area contributed by atoms with E-state index in [0.29, 0.717) is 13.0 Å². The molecule has 0 aromatic heterocycles. The van der Waals surface area contributed by atoms with E-state index in [0.717, 1.165) is 0 Å². The van der Waals surface area contributed by atoms with E-state index in [-0.39, 0.29) is 17.6 Å². The number of hydrogen-bond donors (Lipinski definition) is 2. The summed E-state index contributed by atoms with van der Waals surface area (Å²) in [5.41, 5.74) is 0.00372. The Morgan fingerprint density at radius 2 is 2.16 bits per heavy atom. The number of amides is 1. The minimum absolute atomic E-state index is 0.00372. The molecule has 102 valence electrons. The number of methoxy groups -OCH3 is 1. The third-order valence-corrected chi connectivity index (χ3v) is 3.07. The maximum absolute atomic E-state index is 13.4. The zero-order chi connectivity index (χ0) is 13.8. The lowest BCUT2D eigenvalue weighted by molar-refractivity contribution is -0.142. The van der Waals surface area contributed by atoms with Crippen LogP contribution in [0, 0.1) is 5.82 Å². The van der Waals surface area contributed by atoms with Gasteiger partial charge in [0, 0.05) is 12.6 Å². The number of ether oxygens (including phenoxy) is 1. The van der Waals surface area contributed by atoms with E-state index in [9.17, 15) is 14.0 Å². The Labute approximate surface area is 110 Å². The summed E-state index contributed by atoms with van der Waals surface area (Å²) in [6.45, 7) is 0.458. The number of rotatable bonds is 3. The first-order chi connectivity index (χ1) is 9.11. The fraction of sp³-hybridized carbons (Fsp3) is 0.385. The van der Waals surface area contributed by atoms with Crippen LogP contribution >= 0.6 is 0 Å². The normalized spacial score (nSPS) is 22.0. The van der Waals surface area contributed by atoms with E-state index in [1.54, 1.807) is 6.07 Å². The van der Waals surface area contributed by atoms with Gasteiger partial charge in [-0.05, 0) is 18.6 Å². The molecule has 19 heavy (non-hydrogen) atoms. The van der Waals surface area contributed by atoms with Gasteiger partial charge >= 0.3 is 5.97 Å². The van der Waals surface area contributed by atoms with Crippen molar-refractivity contribution in [2.45, 2.75) is 18.5 Å². The summed E-state index contributed by atoms with van der Waals surface area (Å²) >= 11 is 0. The zero-order valence-electron chi connectivity index (χ0n) is 10.5. The second kappa shape index (κ2) is 5.79. The van der Waals surface area contributed by atoms with E-state index in [2.05, 4.69) is 15.4 Å². The van der Waals surface area contributed by atoms with Gasteiger partial charge in [-0.15, -0.1) is 0 Å². The zero-order valence-corrected chi connectivity index (χ0v) is 10.5. The Kier molecular flexibility index (Phi) is 4.11. The molecule has 1 saturated heterocycles. The third kappa shape index (κ3) is 3.08. The minimum Gasteiger partial charge on any atom is -0.468 e. The first kappa shape index (κ1) is 13.5. The third-order valence-electron chi connectivity index (χ3n) is 3.07. The van der Waals surface area contributed by atoms with Crippen LogP contribution in [0.2, 0.25) is 0 Å². The van der Waals surface area contributed by atoms with Gasteiger partial charge < -0.3 is 15.4 Å². The van der Waals surface area contributed by atoms with Crippen LogP contribution < -0.4 is 10.6 Å². The van der Waals surface area contributed by atoms with Gasteiger partial charge in [0.2, 0.25) is 0 Å². The number of benzene rings is 1. The van der Waals surface area contributed by atoms with Crippen molar-refractivity contribution in [3.63, 3.8) is 0 Å². The molecule has 0 radical (unpaired) electrons. The highest BCUT2D eigenvalue weighted by atomic mass is 19.1. The highest BCUT2D eigenvalue weighted by Crippen LogP contribution is 2.11. The molecule has 2 rings (SSSR count). The van der Waals surface area contributed by atoms with Crippen LogP contribution in [0.1, 0.15) is 16.8 Å². The molecule has 0 unspecified atom stereocenters. The SMILES string of the molecule is COC(=O)[C@@H]1C[C@@H](NC(=O)c2ccccc2F)CN1. The van der Waals surface area contributed by atoms with Crippen molar-refractivity contribution in [1.82, 2.24) is 10.6 Å². The number of nitrogens with one attached hydrogen (secondary N) is 2. The van der Waals surface area contributed by atoms with Gasteiger partial charge in [-0.1, -0.05) is 12.1 Å². The van der Waals surface area contributed by atoms with Crippen LogP contribution in [-0.4, -0.2) is 37.6 Å². The minimum atomic E-state index is -0.560. The predicted octanol–water partition coefficient (Wildman–Crippen LogP) is 0.459. The summed E-state index contributed by atoms with van der Waals surface area (Å²) in [4.78, 5) is 23.2. The molecule has 0 spiro atoms. The predicted molar refractivity (Wildman–Crippen MR) is 66.1 cm³/mol. The largest absolute Gasteiger partial charge is 0.468 e. The Morgan fingerprint density at radius 3 is 2.84 bits per heavy atom. The van der Waals surface area contributed by atoms with Crippen LogP contribution in [0.4, 0.5) is 4.39 Å². The van der Waals surface area contributed by atoms with Crippen molar-refractivity contribution in [2.75, 3.05) is 13.7 Å². The van der Waals surface area contributed by atoms with Crippen LogP contribution in [0.5, 0.6) is 0 Å². The molecule has 1 amide bonds. The second-order valence-electron chi connectivity index (χ2n) is 4.37. The monoisotopic (exact) mass is 266 g/mol. The molecule has 0 bridgehead atoms. The fourth-order valence-electron chi connectivity index (χ4n) is 2.08. The number of carbonyl (C=O) groups is 2. The van der Waals surface area contributed by atoms with Gasteiger partial charge in [0.25, 0.3) is 5.91 Å². The van der Waals surface area contributed by atoms with Crippen LogP contribution in [-0.2, 0) is 9.53 Å². The van der Waals surface area contributed by atoms with E-state index in [1.807, 2.05) is 0 Å². The molecule has 2 atom stereocenters. The standard InChI is InChI=1S/C13H15FN2O3/c1-19-13(18)11-6-8(7-15-11)16-12(17)9-4-2-3-5-10(9)14/h2-5,8,11,15H,6-7H2,1H3,(H,16,17)/t8-,11+/m1/s1. The Bertz CT molecular complexity index is 493. The summed E-state index contributed by atoms with van der Waals surface area (Å²) < 4.78 is 18.0. The molecule has 0 aliphatic carbocycles. The summed E-state index contributed by atoms with van der Waals surface area (Å²) in [6.07, 6.45) is 0.437. The van der Waals surface area contributed by atoms with Crippen LogP contribution in [0.25, 0.3) is 0 Å². The summed E-state index contributed by atoms with van der Waals surface area (Å²) in [7, 11) is 1.31. The Morgan fingerprint density at radius 1 is 1.42 bits per heavy atom. The van der Waals surface area contributed by atoms with Crippen LogP contribution in [0.3, 0.4) is 0 Å². The van der Waals surface area contributed by atoms with E-state index < -0.39 is 17.8 Å². The molecule has 1 fully saturated rings. The number of hydrogen-bond acceptors (Lipinski definition) is 4. The summed E-state index contributed by atoms with van der Waals surface area (Å²) in [6, 6.07) is 5.15.